The molecule has 0 aliphatic carbocycles. The first-order valence-corrected chi connectivity index (χ1v) is 21.4. The smallest absolute Gasteiger partial charge is 0.172 e. The summed E-state index contributed by atoms with van der Waals surface area (Å²) >= 11 is 1.20. The summed E-state index contributed by atoms with van der Waals surface area (Å²) in [6, 6.07) is 0. The normalized spacial score (nSPS) is 13.3. The Morgan fingerprint density at radius 1 is 0.512 bits per heavy atom. The Morgan fingerprint density at radius 2 is 0.791 bits per heavy atom. The second-order valence-corrected chi connectivity index (χ2v) is 16.7. The van der Waals surface area contributed by atoms with E-state index in [-0.39, 0.29) is 11.0 Å². The van der Waals surface area contributed by atoms with Gasteiger partial charge in [-0.3, -0.25) is 9.59 Å². The summed E-state index contributed by atoms with van der Waals surface area (Å²) in [5.74, 6) is 0. The fraction of sp³-hybridized carbons (Fsp3) is 0.842. The molecule has 252 valence electrons. The van der Waals surface area contributed by atoms with Crippen molar-refractivity contribution in [2.75, 3.05) is 0 Å². The van der Waals surface area contributed by atoms with Crippen molar-refractivity contribution in [2.45, 2.75) is 206 Å². The molecule has 1 atom stereocenters. The molecule has 0 radical (unpaired) electrons. The van der Waals surface area contributed by atoms with Crippen molar-refractivity contribution in [3.05, 3.63) is 24.3 Å². The molecule has 0 aliphatic heterocycles. The van der Waals surface area contributed by atoms with Crippen molar-refractivity contribution >= 4 is 29.6 Å². The van der Waals surface area contributed by atoms with Gasteiger partial charge in [0.2, 0.25) is 0 Å². The van der Waals surface area contributed by atoms with Gasteiger partial charge in [-0.1, -0.05) is 152 Å². The van der Waals surface area contributed by atoms with Crippen molar-refractivity contribution in [1.29, 1.82) is 0 Å². The van der Waals surface area contributed by atoms with Gasteiger partial charge in [-0.2, -0.15) is 0 Å². The molecule has 1 N–H and O–H groups in total. The average molecular weight is 639 g/mol. The Morgan fingerprint density at radius 3 is 1.09 bits per heavy atom. The molecule has 5 heteroatoms. The molecule has 0 saturated heterocycles. The average Bonchev–Trinajstić information content (AvgIpc) is 2.99. The SMILES string of the molecule is CCCCCCCCC=CCCCCCCCC(=O)P(SC(C)O)C(=O)CCCCCCCC=CCCCCCCCC. The zero-order chi connectivity index (χ0) is 31.6. The molecule has 0 aromatic rings. The summed E-state index contributed by atoms with van der Waals surface area (Å²) in [5, 5.41) is 9.89. The number of allylic oxidation sites excluding steroid dienone is 4. The molecular weight excluding hydrogens is 567 g/mol. The Hall–Kier alpha value is -0.440. The van der Waals surface area contributed by atoms with Gasteiger partial charge in [-0.25, -0.2) is 0 Å². The Labute approximate surface area is 273 Å². The lowest BCUT2D eigenvalue weighted by atomic mass is 10.1. The van der Waals surface area contributed by atoms with Gasteiger partial charge in [0.1, 0.15) is 5.44 Å². The highest BCUT2D eigenvalue weighted by Gasteiger charge is 2.27. The fourth-order valence-electron chi connectivity index (χ4n) is 5.31. The van der Waals surface area contributed by atoms with Gasteiger partial charge in [0.25, 0.3) is 0 Å². The molecule has 0 aliphatic rings. The maximum absolute atomic E-state index is 12.9. The summed E-state index contributed by atoms with van der Waals surface area (Å²) in [6.45, 7) is 6.20. The number of aliphatic hydroxyl groups excluding tert-OH is 1. The molecule has 0 bridgehead atoms. The van der Waals surface area contributed by atoms with Crippen LogP contribution in [0.25, 0.3) is 0 Å². The van der Waals surface area contributed by atoms with E-state index in [1.807, 2.05) is 0 Å². The van der Waals surface area contributed by atoms with Crippen LogP contribution in [0.3, 0.4) is 0 Å². The van der Waals surface area contributed by atoms with Crippen LogP contribution in [0.5, 0.6) is 0 Å². The number of hydrogen-bond donors (Lipinski definition) is 1. The molecule has 0 aromatic carbocycles. The monoisotopic (exact) mass is 638 g/mol. The lowest BCUT2D eigenvalue weighted by Crippen LogP contribution is -2.06. The van der Waals surface area contributed by atoms with Gasteiger partial charge in [0, 0.05) is 12.8 Å². The highest BCUT2D eigenvalue weighted by molar-refractivity contribution is 8.65. The zero-order valence-electron chi connectivity index (χ0n) is 28.8. The Bertz CT molecular complexity index is 624. The third-order valence-electron chi connectivity index (χ3n) is 8.02. The number of carbonyl (C=O) groups excluding carboxylic acids is 2. The van der Waals surface area contributed by atoms with Crippen LogP contribution in [-0.4, -0.2) is 21.6 Å². The number of rotatable bonds is 34. The predicted molar refractivity (Wildman–Crippen MR) is 195 cm³/mol. The van der Waals surface area contributed by atoms with Crippen LogP contribution in [-0.2, 0) is 9.59 Å². The molecule has 0 aromatic heterocycles. The van der Waals surface area contributed by atoms with E-state index >= 15 is 0 Å². The van der Waals surface area contributed by atoms with E-state index in [9.17, 15) is 14.7 Å². The maximum Gasteiger partial charge on any atom is 0.172 e. The quantitative estimate of drug-likeness (QED) is 0.0330. The standard InChI is InChI=1S/C38H71O3PS/c1-4-6-8-10-12-14-16-18-20-22-24-26-28-30-32-34-37(40)42(43-36(3)39)38(41)35-33-31-29-27-25-23-21-19-17-15-13-11-9-7-5-2/h18-21,36,39H,4-17,22-35H2,1-3H3. The zero-order valence-corrected chi connectivity index (χ0v) is 30.5. The van der Waals surface area contributed by atoms with Crippen LogP contribution in [0.1, 0.15) is 201 Å². The van der Waals surface area contributed by atoms with Crippen LogP contribution in [0.2, 0.25) is 0 Å². The third-order valence-corrected chi connectivity index (χ3v) is 12.7. The van der Waals surface area contributed by atoms with Gasteiger partial charge >= 0.3 is 0 Å². The minimum absolute atomic E-state index is 0.0799. The van der Waals surface area contributed by atoms with Crippen molar-refractivity contribution in [2.24, 2.45) is 0 Å². The van der Waals surface area contributed by atoms with Crippen molar-refractivity contribution in [3.8, 4) is 0 Å². The van der Waals surface area contributed by atoms with E-state index < -0.39 is 12.6 Å². The molecule has 0 saturated carbocycles. The van der Waals surface area contributed by atoms with Gasteiger partial charge < -0.3 is 5.11 Å². The molecule has 3 nitrogen and oxygen atoms in total. The largest absolute Gasteiger partial charge is 0.382 e. The van der Waals surface area contributed by atoms with E-state index in [1.165, 1.54) is 127 Å². The number of aliphatic hydroxyl groups is 1. The van der Waals surface area contributed by atoms with Gasteiger partial charge in [-0.05, 0) is 71.1 Å². The molecule has 0 heterocycles. The van der Waals surface area contributed by atoms with Gasteiger partial charge in [0.05, 0.1) is 7.12 Å². The van der Waals surface area contributed by atoms with E-state index in [1.54, 1.807) is 6.92 Å². The minimum atomic E-state index is -1.44. The van der Waals surface area contributed by atoms with E-state index in [0.29, 0.717) is 12.8 Å². The summed E-state index contributed by atoms with van der Waals surface area (Å²) < 4.78 is 0. The number of hydrogen-bond acceptors (Lipinski definition) is 4. The van der Waals surface area contributed by atoms with E-state index in [4.69, 9.17) is 0 Å². The summed E-state index contributed by atoms with van der Waals surface area (Å²) in [5.41, 5.74) is -0.505. The molecule has 0 fully saturated rings. The predicted octanol–water partition coefficient (Wildman–Crippen LogP) is 13.6. The van der Waals surface area contributed by atoms with Crippen LogP contribution in [0, 0.1) is 0 Å². The van der Waals surface area contributed by atoms with Crippen LogP contribution < -0.4 is 0 Å². The lowest BCUT2D eigenvalue weighted by Gasteiger charge is -2.16. The Balaban J connectivity index is 3.85. The molecule has 1 unspecified atom stereocenters. The second-order valence-electron chi connectivity index (χ2n) is 12.5. The second kappa shape index (κ2) is 34.4. The van der Waals surface area contributed by atoms with Crippen LogP contribution in [0.4, 0.5) is 0 Å². The number of carbonyl (C=O) groups is 2. The summed E-state index contributed by atoms with van der Waals surface area (Å²) in [4.78, 5) is 25.7. The molecule has 43 heavy (non-hydrogen) atoms. The molecule has 0 rings (SSSR count). The summed E-state index contributed by atoms with van der Waals surface area (Å²) in [7, 11) is -1.44. The fourth-order valence-corrected chi connectivity index (χ4v) is 9.02. The van der Waals surface area contributed by atoms with Crippen LogP contribution >= 0.6 is 18.5 Å². The highest BCUT2D eigenvalue weighted by atomic mass is 32.7. The van der Waals surface area contributed by atoms with Gasteiger partial charge in [-0.15, -0.1) is 0 Å². The molecule has 0 spiro atoms. The van der Waals surface area contributed by atoms with Crippen molar-refractivity contribution in [3.63, 3.8) is 0 Å². The maximum atomic E-state index is 12.9. The summed E-state index contributed by atoms with van der Waals surface area (Å²) in [6.07, 6.45) is 42.5. The first-order chi connectivity index (χ1) is 21.0. The van der Waals surface area contributed by atoms with E-state index in [0.717, 1.165) is 51.4 Å². The van der Waals surface area contributed by atoms with E-state index in [2.05, 4.69) is 38.2 Å². The lowest BCUT2D eigenvalue weighted by molar-refractivity contribution is -0.114. The van der Waals surface area contributed by atoms with Gasteiger partial charge in [0.15, 0.2) is 11.0 Å². The molecular formula is C38H71O3PS. The number of unbranched alkanes of at least 4 members (excludes halogenated alkanes) is 22. The molecule has 0 amide bonds. The first-order valence-electron chi connectivity index (χ1n) is 18.5. The third kappa shape index (κ3) is 31.3. The van der Waals surface area contributed by atoms with Crippen LogP contribution in [0.15, 0.2) is 24.3 Å². The first kappa shape index (κ1) is 42.6. The highest BCUT2D eigenvalue weighted by Crippen LogP contribution is 2.55. The van der Waals surface area contributed by atoms with Crippen molar-refractivity contribution < 1.29 is 14.7 Å². The Kier molecular flexibility index (Phi) is 34.1. The van der Waals surface area contributed by atoms with Crippen molar-refractivity contribution in [1.82, 2.24) is 0 Å². The topological polar surface area (TPSA) is 54.4 Å². The minimum Gasteiger partial charge on any atom is -0.382 e.